The van der Waals surface area contributed by atoms with Crippen molar-refractivity contribution in [3.63, 3.8) is 0 Å². The lowest BCUT2D eigenvalue weighted by molar-refractivity contribution is 0.0797. The van der Waals surface area contributed by atoms with Crippen molar-refractivity contribution in [2.45, 2.75) is 25.3 Å². The van der Waals surface area contributed by atoms with Gasteiger partial charge in [-0.1, -0.05) is 18.0 Å². The number of nitrogens with one attached hydrogen (secondary N) is 1. The van der Waals surface area contributed by atoms with E-state index in [0.717, 1.165) is 13.0 Å². The molecular formula is C15H19ClN2O3. The molecule has 2 amide bonds. The SMILES string of the molecule is COc1cc(OC)c(NC(=O)N2C[C@H]3CCC[C@H]32)cc1Cl. The number of amides is 2. The zero-order valence-corrected chi connectivity index (χ0v) is 12.9. The average Bonchev–Trinajstić information content (AvgIpc) is 2.80. The summed E-state index contributed by atoms with van der Waals surface area (Å²) in [4.78, 5) is 14.3. The Morgan fingerprint density at radius 2 is 2.05 bits per heavy atom. The quantitative estimate of drug-likeness (QED) is 0.931. The van der Waals surface area contributed by atoms with Gasteiger partial charge in [0.1, 0.15) is 11.5 Å². The van der Waals surface area contributed by atoms with Gasteiger partial charge in [0, 0.05) is 18.7 Å². The maximum absolute atomic E-state index is 12.4. The molecule has 114 valence electrons. The van der Waals surface area contributed by atoms with Crippen molar-refractivity contribution in [2.75, 3.05) is 26.1 Å². The van der Waals surface area contributed by atoms with Crippen LogP contribution < -0.4 is 14.8 Å². The Bertz CT molecular complexity index is 564. The molecule has 1 aromatic carbocycles. The monoisotopic (exact) mass is 310 g/mol. The molecule has 3 rings (SSSR count). The number of halogens is 1. The van der Waals surface area contributed by atoms with Gasteiger partial charge in [0.2, 0.25) is 0 Å². The van der Waals surface area contributed by atoms with Crippen molar-refractivity contribution in [2.24, 2.45) is 5.92 Å². The second kappa shape index (κ2) is 5.64. The summed E-state index contributed by atoms with van der Waals surface area (Å²) in [7, 11) is 3.09. The third kappa shape index (κ3) is 2.50. The van der Waals surface area contributed by atoms with E-state index in [4.69, 9.17) is 21.1 Å². The van der Waals surface area contributed by atoms with Crippen LogP contribution >= 0.6 is 11.6 Å². The maximum atomic E-state index is 12.4. The highest BCUT2D eigenvalue weighted by molar-refractivity contribution is 6.32. The number of carbonyl (C=O) groups excluding carboxylic acids is 1. The molecule has 1 aliphatic heterocycles. The fourth-order valence-electron chi connectivity index (χ4n) is 3.27. The number of likely N-dealkylation sites (tertiary alicyclic amines) is 1. The second-order valence-corrected chi connectivity index (χ2v) is 5.94. The minimum atomic E-state index is -0.0855. The number of benzene rings is 1. The van der Waals surface area contributed by atoms with Crippen LogP contribution in [0.25, 0.3) is 0 Å². The third-order valence-electron chi connectivity index (χ3n) is 4.43. The highest BCUT2D eigenvalue weighted by Gasteiger charge is 2.44. The van der Waals surface area contributed by atoms with Crippen LogP contribution in [-0.4, -0.2) is 37.7 Å². The van der Waals surface area contributed by atoms with Gasteiger partial charge in [0.25, 0.3) is 0 Å². The summed E-state index contributed by atoms with van der Waals surface area (Å²) in [6.45, 7) is 0.850. The molecule has 5 nitrogen and oxygen atoms in total. The highest BCUT2D eigenvalue weighted by atomic mass is 35.5. The first-order valence-electron chi connectivity index (χ1n) is 7.13. The van der Waals surface area contributed by atoms with Gasteiger partial charge in [-0.25, -0.2) is 4.79 Å². The highest BCUT2D eigenvalue weighted by Crippen LogP contribution is 2.40. The molecule has 1 N–H and O–H groups in total. The van der Waals surface area contributed by atoms with E-state index in [1.165, 1.54) is 12.8 Å². The van der Waals surface area contributed by atoms with Gasteiger partial charge in [0.15, 0.2) is 0 Å². The number of fused-ring (bicyclic) bond motifs is 1. The number of anilines is 1. The summed E-state index contributed by atoms with van der Waals surface area (Å²) in [6, 6.07) is 3.65. The molecule has 1 saturated heterocycles. The van der Waals surface area contributed by atoms with Crippen molar-refractivity contribution in [3.05, 3.63) is 17.2 Å². The van der Waals surface area contributed by atoms with Gasteiger partial charge in [-0.2, -0.15) is 0 Å². The number of methoxy groups -OCH3 is 2. The number of nitrogens with zero attached hydrogens (tertiary/aromatic N) is 1. The molecule has 1 aliphatic carbocycles. The molecule has 21 heavy (non-hydrogen) atoms. The van der Waals surface area contributed by atoms with E-state index in [2.05, 4.69) is 5.32 Å². The Morgan fingerprint density at radius 1 is 1.29 bits per heavy atom. The molecule has 0 bridgehead atoms. The smallest absolute Gasteiger partial charge is 0.322 e. The predicted molar refractivity (Wildman–Crippen MR) is 81.4 cm³/mol. The number of urea groups is 1. The van der Waals surface area contributed by atoms with Crippen LogP contribution in [0.4, 0.5) is 10.5 Å². The number of hydrogen-bond acceptors (Lipinski definition) is 3. The van der Waals surface area contributed by atoms with Gasteiger partial charge in [0.05, 0.1) is 24.9 Å². The summed E-state index contributed by atoms with van der Waals surface area (Å²) in [5, 5.41) is 3.33. The third-order valence-corrected chi connectivity index (χ3v) is 4.72. The van der Waals surface area contributed by atoms with Crippen LogP contribution in [0.1, 0.15) is 19.3 Å². The standard InChI is InChI=1S/C15H19ClN2O3/c1-20-13-7-14(21-2)11(6-10(13)16)17-15(19)18-8-9-4-3-5-12(9)18/h6-7,9,12H,3-5,8H2,1-2H3,(H,17,19)/t9-,12-/m1/s1. The predicted octanol–water partition coefficient (Wildman–Crippen LogP) is 3.37. The Hall–Kier alpha value is -1.62. The Morgan fingerprint density at radius 3 is 2.71 bits per heavy atom. The molecule has 2 aliphatic rings. The molecule has 0 unspecified atom stereocenters. The molecule has 0 spiro atoms. The summed E-state index contributed by atoms with van der Waals surface area (Å²) in [5.41, 5.74) is 0.565. The zero-order valence-electron chi connectivity index (χ0n) is 12.2. The van der Waals surface area contributed by atoms with Gasteiger partial charge < -0.3 is 19.7 Å². The second-order valence-electron chi connectivity index (χ2n) is 5.53. The molecule has 1 aromatic rings. The van der Waals surface area contributed by atoms with Crippen molar-refractivity contribution in [1.29, 1.82) is 0 Å². The first-order valence-corrected chi connectivity index (χ1v) is 7.51. The minimum absolute atomic E-state index is 0.0855. The normalized spacial score (nSPS) is 23.3. The van der Waals surface area contributed by atoms with Crippen LogP contribution in [0.15, 0.2) is 12.1 Å². The Balaban J connectivity index is 1.75. The number of rotatable bonds is 3. The van der Waals surface area contributed by atoms with E-state index in [0.29, 0.717) is 34.2 Å². The molecule has 2 fully saturated rings. The number of carbonyl (C=O) groups is 1. The van der Waals surface area contributed by atoms with Crippen molar-refractivity contribution >= 4 is 23.3 Å². The number of hydrogen-bond donors (Lipinski definition) is 1. The van der Waals surface area contributed by atoms with E-state index >= 15 is 0 Å². The Kier molecular flexibility index (Phi) is 3.85. The van der Waals surface area contributed by atoms with Crippen LogP contribution in [-0.2, 0) is 0 Å². The lowest BCUT2D eigenvalue weighted by atomic mass is 9.92. The lowest BCUT2D eigenvalue weighted by Crippen LogP contribution is -2.57. The average molecular weight is 311 g/mol. The summed E-state index contributed by atoms with van der Waals surface area (Å²) in [6.07, 6.45) is 3.57. The topological polar surface area (TPSA) is 50.8 Å². The van der Waals surface area contributed by atoms with E-state index in [1.54, 1.807) is 26.4 Å². The maximum Gasteiger partial charge on any atom is 0.322 e. The fourth-order valence-corrected chi connectivity index (χ4v) is 3.51. The first-order chi connectivity index (χ1) is 10.1. The molecular weight excluding hydrogens is 292 g/mol. The summed E-state index contributed by atoms with van der Waals surface area (Å²) in [5.74, 6) is 1.75. The molecule has 6 heteroatoms. The largest absolute Gasteiger partial charge is 0.495 e. The summed E-state index contributed by atoms with van der Waals surface area (Å²) < 4.78 is 10.4. The van der Waals surface area contributed by atoms with E-state index in [-0.39, 0.29) is 6.03 Å². The molecule has 2 atom stereocenters. The van der Waals surface area contributed by atoms with Crippen molar-refractivity contribution < 1.29 is 14.3 Å². The van der Waals surface area contributed by atoms with Crippen molar-refractivity contribution in [3.8, 4) is 11.5 Å². The molecule has 0 radical (unpaired) electrons. The lowest BCUT2D eigenvalue weighted by Gasteiger charge is -2.44. The van der Waals surface area contributed by atoms with Crippen LogP contribution in [0, 0.1) is 5.92 Å². The van der Waals surface area contributed by atoms with E-state index in [1.807, 2.05) is 4.90 Å². The molecule has 1 heterocycles. The van der Waals surface area contributed by atoms with Crippen LogP contribution in [0.3, 0.4) is 0 Å². The van der Waals surface area contributed by atoms with Gasteiger partial charge in [-0.15, -0.1) is 0 Å². The van der Waals surface area contributed by atoms with Crippen LogP contribution in [0.5, 0.6) is 11.5 Å². The zero-order chi connectivity index (χ0) is 15.0. The minimum Gasteiger partial charge on any atom is -0.495 e. The fraction of sp³-hybridized carbons (Fsp3) is 0.533. The van der Waals surface area contributed by atoms with E-state index < -0.39 is 0 Å². The molecule has 0 aromatic heterocycles. The van der Waals surface area contributed by atoms with Gasteiger partial charge >= 0.3 is 6.03 Å². The van der Waals surface area contributed by atoms with Crippen LogP contribution in [0.2, 0.25) is 5.02 Å². The van der Waals surface area contributed by atoms with Gasteiger partial charge in [-0.05, 0) is 24.8 Å². The van der Waals surface area contributed by atoms with Crippen molar-refractivity contribution in [1.82, 2.24) is 4.90 Å². The first kappa shape index (κ1) is 14.3. The van der Waals surface area contributed by atoms with E-state index in [9.17, 15) is 4.79 Å². The summed E-state index contributed by atoms with van der Waals surface area (Å²) >= 11 is 6.11. The Labute approximate surface area is 129 Å². The molecule has 1 saturated carbocycles. The van der Waals surface area contributed by atoms with Gasteiger partial charge in [-0.3, -0.25) is 0 Å². The number of ether oxygens (including phenoxy) is 2.